The molecule has 9 heteroatoms. The van der Waals surface area contributed by atoms with Crippen LogP contribution in [0, 0.1) is 50.7 Å². The first kappa shape index (κ1) is 32.6. The normalized spacial score (nSPS) is 52.4. The van der Waals surface area contributed by atoms with Crippen molar-refractivity contribution in [2.75, 3.05) is 26.8 Å². The lowest BCUT2D eigenvalue weighted by Gasteiger charge is -2.64. The van der Waals surface area contributed by atoms with Crippen LogP contribution in [-0.4, -0.2) is 95.5 Å². The summed E-state index contributed by atoms with van der Waals surface area (Å²) < 4.78 is 24.3. The minimum atomic E-state index is -1.26. The second-order valence-corrected chi connectivity index (χ2v) is 18.0. The molecule has 7 rings (SSSR count). The van der Waals surface area contributed by atoms with E-state index in [0.717, 1.165) is 32.1 Å². The third-order valence-electron chi connectivity index (χ3n) is 15.6. The Morgan fingerprint density at radius 1 is 1.04 bits per heavy atom. The topological polar surface area (TPSA) is 118 Å². The molecule has 5 aliphatic carbocycles. The zero-order valence-corrected chi connectivity index (χ0v) is 28.9. The summed E-state index contributed by atoms with van der Waals surface area (Å²) in [5.74, 6) is 1.48. The fourth-order valence-electron chi connectivity index (χ4n) is 13.4. The average Bonchev–Trinajstić information content (AvgIpc) is 3.62. The van der Waals surface area contributed by atoms with Gasteiger partial charge in [-0.05, 0) is 111 Å². The molecule has 0 aromatic carbocycles. The van der Waals surface area contributed by atoms with E-state index in [1.165, 1.54) is 20.0 Å². The lowest BCUT2D eigenvalue weighted by Crippen LogP contribution is -2.60. The van der Waals surface area contributed by atoms with Crippen LogP contribution in [0.1, 0.15) is 99.8 Å². The van der Waals surface area contributed by atoms with Crippen LogP contribution in [-0.2, 0) is 18.9 Å². The molecule has 14 atom stereocenters. The summed E-state index contributed by atoms with van der Waals surface area (Å²) in [5.41, 5.74) is -1.11. The minimum absolute atomic E-state index is 0.0361. The molecule has 1 amide bonds. The molecule has 5 saturated carbocycles. The van der Waals surface area contributed by atoms with Gasteiger partial charge in [-0.1, -0.05) is 34.6 Å². The minimum Gasteiger partial charge on any atom is -0.453 e. The number of morpholine rings is 1. The molecule has 2 spiro atoms. The number of methoxy groups -OCH3 is 1. The predicted molar refractivity (Wildman–Crippen MR) is 167 cm³/mol. The van der Waals surface area contributed by atoms with Gasteiger partial charge in [-0.3, -0.25) is 0 Å². The Kier molecular flexibility index (Phi) is 7.43. The van der Waals surface area contributed by atoms with E-state index in [2.05, 4.69) is 34.6 Å². The van der Waals surface area contributed by atoms with Gasteiger partial charge in [0.25, 0.3) is 0 Å². The second kappa shape index (κ2) is 10.3. The standard InChI is InChI=1S/C36H59NO8/c1-20-17-21(28(38)32(4,5)41)44-27-26(20)33(6)13-14-36-19-35(36)12-11-24(45-25-18-37(15-16-43-25)30(40)42-8)31(2,3)22(35)9-10-23(36)34(33,7)29(27)39/h20-29,38-39,41H,9-19H2,1-8H3/t20-,21?,22+,23?,24+,25+,26+,27?,28+,29+,33?,34-,35?,36+/m1/s1. The van der Waals surface area contributed by atoms with E-state index in [9.17, 15) is 20.1 Å². The number of fused-ring (bicyclic) bond motifs is 4. The van der Waals surface area contributed by atoms with Crippen LogP contribution in [0.5, 0.6) is 0 Å². The number of ether oxygens (including phenoxy) is 4. The fourth-order valence-corrected chi connectivity index (χ4v) is 13.4. The van der Waals surface area contributed by atoms with E-state index >= 15 is 0 Å². The molecule has 9 nitrogen and oxygen atoms in total. The van der Waals surface area contributed by atoms with Crippen molar-refractivity contribution in [3.8, 4) is 0 Å². The van der Waals surface area contributed by atoms with Crippen LogP contribution in [0.4, 0.5) is 4.79 Å². The molecule has 256 valence electrons. The zero-order valence-electron chi connectivity index (χ0n) is 28.9. The van der Waals surface area contributed by atoms with Gasteiger partial charge >= 0.3 is 6.09 Å². The number of rotatable bonds is 4. The highest BCUT2D eigenvalue weighted by Gasteiger charge is 2.84. The van der Waals surface area contributed by atoms with E-state index in [4.69, 9.17) is 18.9 Å². The van der Waals surface area contributed by atoms with Crippen molar-refractivity contribution in [2.45, 2.75) is 142 Å². The average molecular weight is 634 g/mol. The smallest absolute Gasteiger partial charge is 0.409 e. The van der Waals surface area contributed by atoms with Crippen LogP contribution >= 0.6 is 0 Å². The Balaban J connectivity index is 1.12. The Morgan fingerprint density at radius 3 is 2.42 bits per heavy atom. The number of hydrogen-bond donors (Lipinski definition) is 3. The van der Waals surface area contributed by atoms with Gasteiger partial charge in [-0.25, -0.2) is 4.79 Å². The van der Waals surface area contributed by atoms with E-state index in [0.29, 0.717) is 38.0 Å². The van der Waals surface area contributed by atoms with Gasteiger partial charge in [-0.2, -0.15) is 0 Å². The summed E-state index contributed by atoms with van der Waals surface area (Å²) in [5, 5.41) is 34.0. The van der Waals surface area contributed by atoms with Crippen molar-refractivity contribution in [2.24, 2.45) is 50.7 Å². The summed E-state index contributed by atoms with van der Waals surface area (Å²) in [6.45, 7) is 16.5. The first-order valence-corrected chi connectivity index (χ1v) is 17.8. The second-order valence-electron chi connectivity index (χ2n) is 18.0. The molecule has 7 aliphatic rings. The number of aliphatic hydroxyl groups excluding tert-OH is 2. The van der Waals surface area contributed by atoms with E-state index < -0.39 is 30.2 Å². The van der Waals surface area contributed by atoms with Gasteiger partial charge in [0.2, 0.25) is 0 Å². The molecule has 0 aromatic rings. The molecule has 2 heterocycles. The van der Waals surface area contributed by atoms with Crippen molar-refractivity contribution < 1.29 is 39.1 Å². The lowest BCUT2D eigenvalue weighted by atomic mass is 9.41. The molecule has 3 N–H and O–H groups in total. The number of carbonyl (C=O) groups is 1. The monoisotopic (exact) mass is 633 g/mol. The largest absolute Gasteiger partial charge is 0.453 e. The van der Waals surface area contributed by atoms with Crippen molar-refractivity contribution in [1.82, 2.24) is 4.90 Å². The van der Waals surface area contributed by atoms with Gasteiger partial charge in [0, 0.05) is 12.0 Å². The summed E-state index contributed by atoms with van der Waals surface area (Å²) in [7, 11) is 1.42. The Morgan fingerprint density at radius 2 is 1.73 bits per heavy atom. The van der Waals surface area contributed by atoms with Crippen LogP contribution in [0.3, 0.4) is 0 Å². The number of carbonyl (C=O) groups excluding carboxylic acids is 1. The maximum Gasteiger partial charge on any atom is 0.409 e. The van der Waals surface area contributed by atoms with Crippen molar-refractivity contribution in [1.29, 1.82) is 0 Å². The summed E-state index contributed by atoms with van der Waals surface area (Å²) in [6.07, 6.45) is 5.48. The molecule has 0 aromatic heterocycles. The van der Waals surface area contributed by atoms with E-state index in [1.54, 1.807) is 18.7 Å². The Hall–Kier alpha value is -0.970. The van der Waals surface area contributed by atoms with Crippen molar-refractivity contribution in [3.63, 3.8) is 0 Å². The first-order chi connectivity index (χ1) is 21.0. The highest BCUT2D eigenvalue weighted by atomic mass is 16.7. The number of hydrogen-bond acceptors (Lipinski definition) is 8. The highest BCUT2D eigenvalue weighted by molar-refractivity contribution is 5.67. The summed E-state index contributed by atoms with van der Waals surface area (Å²) in [6, 6.07) is 0. The first-order valence-electron chi connectivity index (χ1n) is 17.8. The molecule has 5 unspecified atom stereocenters. The molecule has 0 radical (unpaired) electrons. The van der Waals surface area contributed by atoms with Crippen LogP contribution < -0.4 is 0 Å². The molecule has 7 fully saturated rings. The SMILES string of the molecule is COC(=O)N1CCO[C@@H](O[C@H]2CCC34C[C@]35CCC3(C)[C@@H]6C(OC([C@H](O)C(C)(C)O)C[C@H]6C)[C@H](O)[C@@]3(C)C5CC[C@H]4C2(C)C)C1. The van der Waals surface area contributed by atoms with E-state index in [-0.39, 0.29) is 57.2 Å². The molecular formula is C36H59NO8. The van der Waals surface area contributed by atoms with Crippen LogP contribution in [0.15, 0.2) is 0 Å². The summed E-state index contributed by atoms with van der Waals surface area (Å²) in [4.78, 5) is 13.9. The number of amides is 1. The maximum absolute atomic E-state index is 12.4. The molecule has 2 aliphatic heterocycles. The maximum atomic E-state index is 12.4. The van der Waals surface area contributed by atoms with E-state index in [1.807, 2.05) is 0 Å². The Labute approximate surface area is 269 Å². The van der Waals surface area contributed by atoms with Gasteiger partial charge < -0.3 is 39.2 Å². The molecule has 0 bridgehead atoms. The van der Waals surface area contributed by atoms with Gasteiger partial charge in [0.15, 0.2) is 6.29 Å². The summed E-state index contributed by atoms with van der Waals surface area (Å²) >= 11 is 0. The Bertz CT molecular complexity index is 1190. The van der Waals surface area contributed by atoms with Gasteiger partial charge in [0.1, 0.15) is 6.10 Å². The molecule has 2 saturated heterocycles. The molecule has 45 heavy (non-hydrogen) atoms. The fraction of sp³-hybridized carbons (Fsp3) is 0.972. The van der Waals surface area contributed by atoms with Crippen LogP contribution in [0.2, 0.25) is 0 Å². The van der Waals surface area contributed by atoms with Crippen LogP contribution in [0.25, 0.3) is 0 Å². The lowest BCUT2D eigenvalue weighted by molar-refractivity contribution is -0.246. The van der Waals surface area contributed by atoms with Crippen molar-refractivity contribution >= 4 is 6.09 Å². The van der Waals surface area contributed by atoms with Gasteiger partial charge in [0.05, 0.1) is 50.3 Å². The number of aliphatic hydroxyl groups is 3. The third kappa shape index (κ3) is 4.22. The predicted octanol–water partition coefficient (Wildman–Crippen LogP) is 4.74. The van der Waals surface area contributed by atoms with Gasteiger partial charge in [-0.15, -0.1) is 0 Å². The third-order valence-corrected chi connectivity index (χ3v) is 15.6. The quantitative estimate of drug-likeness (QED) is 0.407. The van der Waals surface area contributed by atoms with Crippen molar-refractivity contribution in [3.05, 3.63) is 0 Å². The number of nitrogens with zero attached hydrogens (tertiary/aromatic N) is 1. The molecular weight excluding hydrogens is 574 g/mol. The highest BCUT2D eigenvalue weighted by Crippen LogP contribution is 2.89. The zero-order chi connectivity index (χ0) is 32.5.